The molecule has 0 aliphatic carbocycles. The van der Waals surface area contributed by atoms with Gasteiger partial charge in [-0.05, 0) is 57.6 Å². The second-order valence-corrected chi connectivity index (χ2v) is 5.36. The van der Waals surface area contributed by atoms with Crippen LogP contribution in [0.3, 0.4) is 0 Å². The number of anilines is 1. The fraction of sp³-hybridized carbons (Fsp3) is 0.533. The normalized spacial score (nSPS) is 19.3. The van der Waals surface area contributed by atoms with E-state index in [1.54, 1.807) is 0 Å². The summed E-state index contributed by atoms with van der Waals surface area (Å²) in [5, 5.41) is 8.98. The van der Waals surface area contributed by atoms with Crippen LogP contribution in [0.5, 0.6) is 0 Å². The second kappa shape index (κ2) is 5.41. The number of benzene rings is 1. The van der Waals surface area contributed by atoms with Gasteiger partial charge in [-0.15, -0.1) is 0 Å². The lowest BCUT2D eigenvalue weighted by Crippen LogP contribution is -2.37. The molecule has 18 heavy (non-hydrogen) atoms. The summed E-state index contributed by atoms with van der Waals surface area (Å²) >= 11 is 0. The molecular weight excluding hydrogens is 222 g/mol. The highest BCUT2D eigenvalue weighted by Crippen LogP contribution is 2.27. The summed E-state index contributed by atoms with van der Waals surface area (Å²) in [6, 6.07) is 9.00. The van der Waals surface area contributed by atoms with Gasteiger partial charge in [0, 0.05) is 24.8 Å². The zero-order valence-corrected chi connectivity index (χ0v) is 11.5. The van der Waals surface area contributed by atoms with Gasteiger partial charge in [-0.2, -0.15) is 5.26 Å². The minimum Gasteiger partial charge on any atom is -0.367 e. The predicted octanol–water partition coefficient (Wildman–Crippen LogP) is 2.40. The number of hydrogen-bond acceptors (Lipinski definition) is 3. The molecule has 3 heteroatoms. The van der Waals surface area contributed by atoms with Crippen molar-refractivity contribution in [3.63, 3.8) is 0 Å². The summed E-state index contributed by atoms with van der Waals surface area (Å²) in [5.41, 5.74) is 3.11. The molecule has 96 valence electrons. The molecule has 0 bridgehead atoms. The summed E-state index contributed by atoms with van der Waals surface area (Å²) in [5.74, 6) is 0. The standard InChI is InChI=1S/C15H21N3/c1-12-9-14(7-6-13(12)10-16)18-8-4-5-15(18)11-17(2)3/h6-7,9,15H,4-5,8,11H2,1-3H3. The van der Waals surface area contributed by atoms with E-state index < -0.39 is 0 Å². The van der Waals surface area contributed by atoms with Crippen molar-refractivity contribution in [2.24, 2.45) is 0 Å². The number of nitrogens with zero attached hydrogens (tertiary/aromatic N) is 3. The van der Waals surface area contributed by atoms with Gasteiger partial charge < -0.3 is 9.80 Å². The van der Waals surface area contributed by atoms with Crippen LogP contribution < -0.4 is 4.90 Å². The molecule has 0 amide bonds. The fourth-order valence-corrected chi connectivity index (χ4v) is 2.74. The lowest BCUT2D eigenvalue weighted by molar-refractivity contribution is 0.372. The first-order valence-electron chi connectivity index (χ1n) is 6.54. The average Bonchev–Trinajstić information content (AvgIpc) is 2.76. The maximum absolute atomic E-state index is 8.98. The molecule has 0 saturated carbocycles. The molecule has 1 aromatic rings. The lowest BCUT2D eigenvalue weighted by atomic mass is 10.1. The first-order chi connectivity index (χ1) is 8.61. The van der Waals surface area contributed by atoms with E-state index in [0.29, 0.717) is 6.04 Å². The summed E-state index contributed by atoms with van der Waals surface area (Å²) in [6.07, 6.45) is 2.52. The number of likely N-dealkylation sites (N-methyl/N-ethyl adjacent to an activating group) is 1. The van der Waals surface area contributed by atoms with Gasteiger partial charge in [0.1, 0.15) is 0 Å². The molecule has 0 N–H and O–H groups in total. The van der Waals surface area contributed by atoms with E-state index in [-0.39, 0.29) is 0 Å². The molecule has 1 aromatic carbocycles. The molecule has 2 rings (SSSR count). The second-order valence-electron chi connectivity index (χ2n) is 5.36. The van der Waals surface area contributed by atoms with Crippen LogP contribution in [0.25, 0.3) is 0 Å². The summed E-state index contributed by atoms with van der Waals surface area (Å²) in [6.45, 7) is 4.24. The molecule has 1 saturated heterocycles. The van der Waals surface area contributed by atoms with Gasteiger partial charge in [0.25, 0.3) is 0 Å². The Labute approximate surface area is 110 Å². The van der Waals surface area contributed by atoms with Gasteiger partial charge in [-0.25, -0.2) is 0 Å². The Morgan fingerprint density at radius 2 is 2.22 bits per heavy atom. The topological polar surface area (TPSA) is 30.3 Å². The zero-order valence-electron chi connectivity index (χ0n) is 11.5. The summed E-state index contributed by atoms with van der Waals surface area (Å²) in [7, 11) is 4.25. The summed E-state index contributed by atoms with van der Waals surface area (Å²) in [4.78, 5) is 4.73. The molecule has 1 aliphatic heterocycles. The molecular formula is C15H21N3. The molecule has 1 aliphatic rings. The highest BCUT2D eigenvalue weighted by Gasteiger charge is 2.25. The van der Waals surface area contributed by atoms with Gasteiger partial charge in [0.15, 0.2) is 0 Å². The Morgan fingerprint density at radius 3 is 2.83 bits per heavy atom. The SMILES string of the molecule is Cc1cc(N2CCCC2CN(C)C)ccc1C#N. The highest BCUT2D eigenvalue weighted by atomic mass is 15.2. The molecule has 1 fully saturated rings. The quantitative estimate of drug-likeness (QED) is 0.816. The van der Waals surface area contributed by atoms with Crippen molar-refractivity contribution in [2.75, 3.05) is 32.1 Å². The van der Waals surface area contributed by atoms with E-state index in [9.17, 15) is 0 Å². The Hall–Kier alpha value is -1.53. The Kier molecular flexibility index (Phi) is 3.88. The first kappa shape index (κ1) is 12.9. The Bertz CT molecular complexity index is 459. The van der Waals surface area contributed by atoms with Crippen LogP contribution in [-0.4, -0.2) is 38.1 Å². The van der Waals surface area contributed by atoms with Crippen LogP contribution in [0.1, 0.15) is 24.0 Å². The minimum atomic E-state index is 0.604. The van der Waals surface area contributed by atoms with E-state index in [2.05, 4.69) is 42.1 Å². The Balaban J connectivity index is 2.20. The van der Waals surface area contributed by atoms with Gasteiger partial charge in [0.05, 0.1) is 11.6 Å². The molecule has 0 spiro atoms. The van der Waals surface area contributed by atoms with Gasteiger partial charge in [-0.1, -0.05) is 0 Å². The minimum absolute atomic E-state index is 0.604. The average molecular weight is 243 g/mol. The number of nitriles is 1. The molecule has 3 nitrogen and oxygen atoms in total. The van der Waals surface area contributed by atoms with E-state index in [0.717, 1.165) is 24.2 Å². The third-order valence-corrected chi connectivity index (χ3v) is 3.62. The maximum Gasteiger partial charge on any atom is 0.0994 e. The molecule has 0 aromatic heterocycles. The van der Waals surface area contributed by atoms with Crippen LogP contribution in [-0.2, 0) is 0 Å². The third kappa shape index (κ3) is 2.65. The van der Waals surface area contributed by atoms with Crippen molar-refractivity contribution in [2.45, 2.75) is 25.8 Å². The first-order valence-corrected chi connectivity index (χ1v) is 6.54. The van der Waals surface area contributed by atoms with Gasteiger partial charge >= 0.3 is 0 Å². The molecule has 1 unspecified atom stereocenters. The largest absolute Gasteiger partial charge is 0.367 e. The van der Waals surface area contributed by atoms with Crippen molar-refractivity contribution in [3.8, 4) is 6.07 Å². The number of hydrogen-bond donors (Lipinski definition) is 0. The lowest BCUT2D eigenvalue weighted by Gasteiger charge is -2.29. The molecule has 1 atom stereocenters. The fourth-order valence-electron chi connectivity index (χ4n) is 2.74. The molecule has 1 heterocycles. The van der Waals surface area contributed by atoms with Gasteiger partial charge in [-0.3, -0.25) is 0 Å². The van der Waals surface area contributed by atoms with Crippen LogP contribution in [0.2, 0.25) is 0 Å². The van der Waals surface area contributed by atoms with Crippen molar-refractivity contribution >= 4 is 5.69 Å². The van der Waals surface area contributed by atoms with E-state index in [1.807, 2.05) is 13.0 Å². The van der Waals surface area contributed by atoms with Crippen molar-refractivity contribution in [1.29, 1.82) is 5.26 Å². The van der Waals surface area contributed by atoms with Crippen molar-refractivity contribution in [3.05, 3.63) is 29.3 Å². The van der Waals surface area contributed by atoms with Crippen LogP contribution in [0, 0.1) is 18.3 Å². The number of aryl methyl sites for hydroxylation is 1. The predicted molar refractivity (Wildman–Crippen MR) is 74.8 cm³/mol. The maximum atomic E-state index is 8.98. The highest BCUT2D eigenvalue weighted by molar-refractivity contribution is 5.54. The smallest absolute Gasteiger partial charge is 0.0994 e. The van der Waals surface area contributed by atoms with Crippen LogP contribution in [0.4, 0.5) is 5.69 Å². The van der Waals surface area contributed by atoms with Gasteiger partial charge in [0.2, 0.25) is 0 Å². The molecule has 0 radical (unpaired) electrons. The van der Waals surface area contributed by atoms with E-state index in [1.165, 1.54) is 18.5 Å². The van der Waals surface area contributed by atoms with Crippen molar-refractivity contribution < 1.29 is 0 Å². The number of rotatable bonds is 3. The Morgan fingerprint density at radius 1 is 1.44 bits per heavy atom. The van der Waals surface area contributed by atoms with Crippen molar-refractivity contribution in [1.82, 2.24) is 4.90 Å². The van der Waals surface area contributed by atoms with E-state index in [4.69, 9.17) is 5.26 Å². The third-order valence-electron chi connectivity index (χ3n) is 3.62. The van der Waals surface area contributed by atoms with E-state index >= 15 is 0 Å². The zero-order chi connectivity index (χ0) is 13.1. The summed E-state index contributed by atoms with van der Waals surface area (Å²) < 4.78 is 0. The van der Waals surface area contributed by atoms with Crippen LogP contribution >= 0.6 is 0 Å². The monoisotopic (exact) mass is 243 g/mol. The van der Waals surface area contributed by atoms with Crippen LogP contribution in [0.15, 0.2) is 18.2 Å².